The fourth-order valence-corrected chi connectivity index (χ4v) is 2.67. The van der Waals surface area contributed by atoms with E-state index in [1.165, 1.54) is 6.08 Å². The predicted octanol–water partition coefficient (Wildman–Crippen LogP) is 6.22. The summed E-state index contributed by atoms with van der Waals surface area (Å²) in [5, 5.41) is 0.587. The maximum absolute atomic E-state index is 12.1. The van der Waals surface area contributed by atoms with Crippen LogP contribution in [0.1, 0.15) is 26.3 Å². The SMILES string of the molecule is O=C(C=Cc1ccc(OC(=O)c2ccc(Br)cc2)cc1)c1ccc(Cl)cc1. The number of ketones is 1. The summed E-state index contributed by atoms with van der Waals surface area (Å²) >= 11 is 9.14. The summed E-state index contributed by atoms with van der Waals surface area (Å²) in [5.74, 6) is -0.106. The van der Waals surface area contributed by atoms with Gasteiger partial charge < -0.3 is 4.74 Å². The molecule has 0 unspecified atom stereocenters. The Morgan fingerprint density at radius 1 is 0.815 bits per heavy atom. The Balaban J connectivity index is 1.62. The van der Waals surface area contributed by atoms with Gasteiger partial charge >= 0.3 is 5.97 Å². The van der Waals surface area contributed by atoms with Gasteiger partial charge in [0, 0.05) is 15.1 Å². The fraction of sp³-hybridized carbons (Fsp3) is 0. The van der Waals surface area contributed by atoms with Crippen molar-refractivity contribution in [1.82, 2.24) is 0 Å². The molecule has 0 fully saturated rings. The van der Waals surface area contributed by atoms with E-state index in [0.29, 0.717) is 21.9 Å². The Kier molecular flexibility index (Phi) is 6.22. The molecular weight excluding hydrogens is 428 g/mol. The van der Waals surface area contributed by atoms with Crippen LogP contribution in [0.4, 0.5) is 0 Å². The molecule has 0 aliphatic heterocycles. The van der Waals surface area contributed by atoms with Crippen LogP contribution in [-0.2, 0) is 0 Å². The third-order valence-corrected chi connectivity index (χ3v) is 4.51. The maximum Gasteiger partial charge on any atom is 0.343 e. The molecule has 0 aromatic heterocycles. The van der Waals surface area contributed by atoms with Gasteiger partial charge in [-0.2, -0.15) is 0 Å². The van der Waals surface area contributed by atoms with E-state index >= 15 is 0 Å². The van der Waals surface area contributed by atoms with Crippen LogP contribution >= 0.6 is 27.5 Å². The van der Waals surface area contributed by atoms with Gasteiger partial charge in [-0.15, -0.1) is 0 Å². The minimum atomic E-state index is -0.427. The lowest BCUT2D eigenvalue weighted by Gasteiger charge is -2.05. The smallest absolute Gasteiger partial charge is 0.343 e. The second-order valence-electron chi connectivity index (χ2n) is 5.67. The first-order chi connectivity index (χ1) is 13.0. The first kappa shape index (κ1) is 19.1. The van der Waals surface area contributed by atoms with Crippen LogP contribution < -0.4 is 4.74 Å². The monoisotopic (exact) mass is 440 g/mol. The largest absolute Gasteiger partial charge is 0.423 e. The van der Waals surface area contributed by atoms with E-state index in [0.717, 1.165) is 10.0 Å². The molecule has 3 rings (SSSR count). The Labute approximate surface area is 170 Å². The molecule has 0 atom stereocenters. The van der Waals surface area contributed by atoms with Crippen LogP contribution in [-0.4, -0.2) is 11.8 Å². The number of allylic oxidation sites excluding steroid dienone is 1. The van der Waals surface area contributed by atoms with Gasteiger partial charge in [0.15, 0.2) is 5.78 Å². The van der Waals surface area contributed by atoms with Crippen molar-refractivity contribution in [2.24, 2.45) is 0 Å². The molecule has 0 aliphatic carbocycles. The number of ether oxygens (including phenoxy) is 1. The maximum atomic E-state index is 12.1. The van der Waals surface area contributed by atoms with Crippen LogP contribution in [0.5, 0.6) is 5.75 Å². The molecule has 0 amide bonds. The Bertz CT molecular complexity index is 976. The van der Waals surface area contributed by atoms with E-state index in [1.54, 1.807) is 78.9 Å². The summed E-state index contributed by atoms with van der Waals surface area (Å²) in [6, 6.07) is 20.6. The molecule has 0 saturated carbocycles. The fourth-order valence-electron chi connectivity index (χ4n) is 2.28. The molecule has 5 heteroatoms. The van der Waals surface area contributed by atoms with Crippen molar-refractivity contribution in [3.8, 4) is 5.75 Å². The lowest BCUT2D eigenvalue weighted by atomic mass is 10.1. The van der Waals surface area contributed by atoms with Crippen molar-refractivity contribution in [2.75, 3.05) is 0 Å². The van der Waals surface area contributed by atoms with Crippen molar-refractivity contribution in [2.45, 2.75) is 0 Å². The molecule has 3 aromatic carbocycles. The van der Waals surface area contributed by atoms with E-state index in [9.17, 15) is 9.59 Å². The molecule has 0 radical (unpaired) electrons. The highest BCUT2D eigenvalue weighted by molar-refractivity contribution is 9.10. The molecule has 3 aromatic rings. The highest BCUT2D eigenvalue weighted by Crippen LogP contribution is 2.17. The number of carbonyl (C=O) groups excluding carboxylic acids is 2. The Morgan fingerprint density at radius 3 is 2.04 bits per heavy atom. The molecule has 0 spiro atoms. The van der Waals surface area contributed by atoms with Gasteiger partial charge in [0.05, 0.1) is 5.56 Å². The Morgan fingerprint density at radius 2 is 1.41 bits per heavy atom. The quantitative estimate of drug-likeness (QED) is 0.204. The average molecular weight is 442 g/mol. The molecule has 27 heavy (non-hydrogen) atoms. The molecule has 3 nitrogen and oxygen atoms in total. The van der Waals surface area contributed by atoms with Crippen LogP contribution in [0.25, 0.3) is 6.08 Å². The molecule has 0 heterocycles. The first-order valence-electron chi connectivity index (χ1n) is 8.07. The predicted molar refractivity (Wildman–Crippen MR) is 110 cm³/mol. The van der Waals surface area contributed by atoms with Gasteiger partial charge in [0.2, 0.25) is 0 Å². The summed E-state index contributed by atoms with van der Waals surface area (Å²) in [7, 11) is 0. The van der Waals surface area contributed by atoms with Crippen LogP contribution in [0.15, 0.2) is 83.3 Å². The van der Waals surface area contributed by atoms with Gasteiger partial charge in [0.1, 0.15) is 5.75 Å². The average Bonchev–Trinajstić information content (AvgIpc) is 2.68. The van der Waals surface area contributed by atoms with E-state index in [4.69, 9.17) is 16.3 Å². The molecule has 0 saturated heterocycles. The zero-order valence-corrected chi connectivity index (χ0v) is 16.4. The van der Waals surface area contributed by atoms with E-state index in [2.05, 4.69) is 15.9 Å². The summed E-state index contributed by atoms with van der Waals surface area (Å²) < 4.78 is 6.24. The normalized spacial score (nSPS) is 10.7. The topological polar surface area (TPSA) is 43.4 Å². The summed E-state index contributed by atoms with van der Waals surface area (Å²) in [4.78, 5) is 24.2. The number of halogens is 2. The lowest BCUT2D eigenvalue weighted by molar-refractivity contribution is 0.0734. The molecule has 0 aliphatic rings. The van der Waals surface area contributed by atoms with Crippen molar-refractivity contribution < 1.29 is 14.3 Å². The van der Waals surface area contributed by atoms with Gasteiger partial charge in [0.25, 0.3) is 0 Å². The number of carbonyl (C=O) groups is 2. The third-order valence-electron chi connectivity index (χ3n) is 3.73. The van der Waals surface area contributed by atoms with Crippen LogP contribution in [0, 0.1) is 0 Å². The van der Waals surface area contributed by atoms with Gasteiger partial charge in [-0.05, 0) is 72.3 Å². The van der Waals surface area contributed by atoms with E-state index in [1.807, 2.05) is 0 Å². The van der Waals surface area contributed by atoms with Crippen molar-refractivity contribution in [3.63, 3.8) is 0 Å². The molecule has 134 valence electrons. The first-order valence-corrected chi connectivity index (χ1v) is 9.24. The van der Waals surface area contributed by atoms with Gasteiger partial charge in [-0.25, -0.2) is 4.79 Å². The summed E-state index contributed by atoms with van der Waals surface area (Å²) in [6.45, 7) is 0. The standard InChI is InChI=1S/C22H14BrClO3/c23-18-8-4-17(5-9-18)22(26)27-20-12-1-15(2-13-20)3-14-21(25)16-6-10-19(24)11-7-16/h1-14H. The van der Waals surface area contributed by atoms with Crippen LogP contribution in [0.3, 0.4) is 0 Å². The molecule has 0 N–H and O–H groups in total. The number of hydrogen-bond acceptors (Lipinski definition) is 3. The lowest BCUT2D eigenvalue weighted by Crippen LogP contribution is -2.08. The van der Waals surface area contributed by atoms with E-state index in [-0.39, 0.29) is 5.78 Å². The summed E-state index contributed by atoms with van der Waals surface area (Å²) in [5.41, 5.74) is 1.85. The van der Waals surface area contributed by atoms with Crippen molar-refractivity contribution in [3.05, 3.63) is 105 Å². The highest BCUT2D eigenvalue weighted by atomic mass is 79.9. The molecule has 0 bridgehead atoms. The number of esters is 1. The Hall–Kier alpha value is -2.69. The zero-order valence-electron chi connectivity index (χ0n) is 14.1. The zero-order chi connectivity index (χ0) is 19.2. The highest BCUT2D eigenvalue weighted by Gasteiger charge is 2.08. The summed E-state index contributed by atoms with van der Waals surface area (Å²) in [6.07, 6.45) is 3.20. The molecular formula is C22H14BrClO3. The minimum Gasteiger partial charge on any atom is -0.423 e. The number of benzene rings is 3. The number of hydrogen-bond donors (Lipinski definition) is 0. The minimum absolute atomic E-state index is 0.114. The number of rotatable bonds is 5. The van der Waals surface area contributed by atoms with Crippen molar-refractivity contribution in [1.29, 1.82) is 0 Å². The second-order valence-corrected chi connectivity index (χ2v) is 7.02. The van der Waals surface area contributed by atoms with Crippen molar-refractivity contribution >= 4 is 45.4 Å². The van der Waals surface area contributed by atoms with Crippen LogP contribution in [0.2, 0.25) is 5.02 Å². The van der Waals surface area contributed by atoms with Gasteiger partial charge in [-0.1, -0.05) is 45.7 Å². The van der Waals surface area contributed by atoms with E-state index < -0.39 is 5.97 Å². The van der Waals surface area contributed by atoms with Gasteiger partial charge in [-0.3, -0.25) is 4.79 Å². The third kappa shape index (κ3) is 5.39. The second kappa shape index (κ2) is 8.80.